The zero-order valence-corrected chi connectivity index (χ0v) is 16.8. The van der Waals surface area contributed by atoms with Crippen molar-refractivity contribution in [3.05, 3.63) is 34.4 Å². The first-order valence-corrected chi connectivity index (χ1v) is 9.87. The van der Waals surface area contributed by atoms with Crippen LogP contribution in [-0.4, -0.2) is 58.0 Å². The highest BCUT2D eigenvalue weighted by molar-refractivity contribution is 5.95. The molecule has 0 saturated carbocycles. The number of rotatable bonds is 2. The maximum Gasteiger partial charge on any atom is 0.335 e. The zero-order chi connectivity index (χ0) is 21.6. The average molecular weight is 418 g/mol. The molecule has 0 radical (unpaired) electrons. The Labute approximate surface area is 171 Å². The Balaban J connectivity index is 1.54. The number of carbonyl (C=O) groups is 3. The third-order valence-corrected chi connectivity index (χ3v) is 7.30. The summed E-state index contributed by atoms with van der Waals surface area (Å²) in [6.45, 7) is 5.11. The largest absolute Gasteiger partial charge is 0.454 e. The van der Waals surface area contributed by atoms with Gasteiger partial charge in [-0.2, -0.15) is 0 Å². The van der Waals surface area contributed by atoms with Gasteiger partial charge in [-0.25, -0.2) is 14.4 Å². The van der Waals surface area contributed by atoms with Gasteiger partial charge in [-0.05, 0) is 32.8 Å². The molecular weight excluding hydrogens is 396 g/mol. The molecule has 6 unspecified atom stereocenters. The molecule has 30 heavy (non-hydrogen) atoms. The quantitative estimate of drug-likeness (QED) is 0.375. The third kappa shape index (κ3) is 2.20. The second kappa shape index (κ2) is 5.81. The summed E-state index contributed by atoms with van der Waals surface area (Å²) < 4.78 is 21.9. The Bertz CT molecular complexity index is 990. The number of aliphatic hydroxyl groups excluding tert-OH is 1. The van der Waals surface area contributed by atoms with E-state index in [-0.39, 0.29) is 17.6 Å². The van der Waals surface area contributed by atoms with Gasteiger partial charge >= 0.3 is 17.9 Å². The maximum absolute atomic E-state index is 12.7. The van der Waals surface area contributed by atoms with E-state index in [1.54, 1.807) is 26.8 Å². The van der Waals surface area contributed by atoms with E-state index >= 15 is 0 Å². The molecule has 0 bridgehead atoms. The molecule has 3 fully saturated rings. The van der Waals surface area contributed by atoms with Crippen molar-refractivity contribution >= 4 is 17.9 Å². The average Bonchev–Trinajstić information content (AvgIpc) is 3.33. The zero-order valence-electron chi connectivity index (χ0n) is 16.8. The number of esters is 3. The Morgan fingerprint density at radius 2 is 1.87 bits per heavy atom. The Kier molecular flexibility index (Phi) is 3.77. The van der Waals surface area contributed by atoms with Crippen molar-refractivity contribution in [3.8, 4) is 0 Å². The molecule has 0 amide bonds. The molecule has 4 heterocycles. The van der Waals surface area contributed by atoms with E-state index in [1.807, 2.05) is 0 Å². The molecule has 0 aromatic heterocycles. The number of ether oxygens (including phenoxy) is 4. The van der Waals surface area contributed by atoms with Gasteiger partial charge in [0.25, 0.3) is 0 Å². The monoisotopic (exact) mass is 418 g/mol. The van der Waals surface area contributed by atoms with Crippen LogP contribution < -0.4 is 0 Å². The van der Waals surface area contributed by atoms with E-state index in [0.29, 0.717) is 24.0 Å². The summed E-state index contributed by atoms with van der Waals surface area (Å²) in [5.41, 5.74) is -1.01. The first-order valence-electron chi connectivity index (χ1n) is 9.87. The summed E-state index contributed by atoms with van der Waals surface area (Å²) in [5, 5.41) is 21.2. The van der Waals surface area contributed by atoms with Crippen molar-refractivity contribution < 1.29 is 43.5 Å². The number of hydrogen-bond acceptors (Lipinski definition) is 9. The number of cyclic esters (lactones) is 2. The van der Waals surface area contributed by atoms with Gasteiger partial charge in [0.15, 0.2) is 5.79 Å². The van der Waals surface area contributed by atoms with Gasteiger partial charge in [-0.15, -0.1) is 0 Å². The predicted molar refractivity (Wildman–Crippen MR) is 97.1 cm³/mol. The van der Waals surface area contributed by atoms with Gasteiger partial charge in [0.1, 0.15) is 17.8 Å². The van der Waals surface area contributed by atoms with E-state index in [0.717, 1.165) is 6.08 Å². The van der Waals surface area contributed by atoms with Crippen LogP contribution in [0, 0.1) is 5.41 Å². The van der Waals surface area contributed by atoms with Crippen molar-refractivity contribution in [2.45, 2.75) is 69.9 Å². The van der Waals surface area contributed by atoms with Gasteiger partial charge in [0, 0.05) is 35.6 Å². The standard InChI is InChI=1S/C21H22O9/c1-9(10-7-13(27-15(10)23)11-8-14(22)28-16(11)24)20(3)18-19(2)12(17(25)29-18)5-4-6-21(19,26)30-20/h5,8,13,16,18,24,26H,4,6-7H2,1-3H3. The van der Waals surface area contributed by atoms with Gasteiger partial charge in [-0.1, -0.05) is 6.08 Å². The van der Waals surface area contributed by atoms with E-state index in [9.17, 15) is 24.6 Å². The molecule has 6 atom stereocenters. The lowest BCUT2D eigenvalue weighted by atomic mass is 9.65. The second-order valence-electron chi connectivity index (χ2n) is 8.77. The Morgan fingerprint density at radius 1 is 1.13 bits per heavy atom. The summed E-state index contributed by atoms with van der Waals surface area (Å²) in [6.07, 6.45) is 0.609. The molecule has 2 N–H and O–H groups in total. The molecule has 3 saturated heterocycles. The SMILES string of the molecule is CC(=C1CC(C2=CC(=O)OC2O)OC1=O)C1(C)OC2(O)CCC=C3C(=O)OC1C32C. The van der Waals surface area contributed by atoms with Crippen LogP contribution in [-0.2, 0) is 33.3 Å². The first kappa shape index (κ1) is 19.5. The summed E-state index contributed by atoms with van der Waals surface area (Å²) in [7, 11) is 0. The summed E-state index contributed by atoms with van der Waals surface area (Å²) in [4.78, 5) is 36.5. The minimum absolute atomic E-state index is 0.0850. The highest BCUT2D eigenvalue weighted by Gasteiger charge is 2.75. The van der Waals surface area contributed by atoms with E-state index in [4.69, 9.17) is 14.2 Å². The van der Waals surface area contributed by atoms with Crippen molar-refractivity contribution in [3.63, 3.8) is 0 Å². The van der Waals surface area contributed by atoms with E-state index < -0.39 is 53.2 Å². The molecular formula is C21H22O9. The molecule has 5 rings (SSSR count). The smallest absolute Gasteiger partial charge is 0.335 e. The van der Waals surface area contributed by atoms with Crippen LogP contribution in [0.15, 0.2) is 34.4 Å². The summed E-state index contributed by atoms with van der Waals surface area (Å²) in [5.74, 6) is -3.43. The van der Waals surface area contributed by atoms with E-state index in [1.165, 1.54) is 0 Å². The van der Waals surface area contributed by atoms with Crippen LogP contribution in [0.4, 0.5) is 0 Å². The summed E-state index contributed by atoms with van der Waals surface area (Å²) >= 11 is 0. The second-order valence-corrected chi connectivity index (χ2v) is 8.77. The highest BCUT2D eigenvalue weighted by Crippen LogP contribution is 2.64. The van der Waals surface area contributed by atoms with Gasteiger partial charge in [-0.3, -0.25) is 0 Å². The molecule has 0 aromatic carbocycles. The predicted octanol–water partition coefficient (Wildman–Crippen LogP) is 0.549. The molecule has 9 nitrogen and oxygen atoms in total. The normalized spacial score (nSPS) is 46.2. The fourth-order valence-electron chi connectivity index (χ4n) is 5.50. The van der Waals surface area contributed by atoms with Gasteiger partial charge in [0.2, 0.25) is 6.29 Å². The number of allylic oxidation sites excluding steroid dienone is 1. The number of aliphatic hydroxyl groups is 2. The lowest BCUT2D eigenvalue weighted by Crippen LogP contribution is -2.48. The van der Waals surface area contributed by atoms with Crippen LogP contribution >= 0.6 is 0 Å². The first-order chi connectivity index (χ1) is 14.0. The van der Waals surface area contributed by atoms with Crippen molar-refractivity contribution in [2.24, 2.45) is 5.41 Å². The Hall–Kier alpha value is -2.49. The van der Waals surface area contributed by atoms with Crippen LogP contribution in [0.3, 0.4) is 0 Å². The minimum atomic E-state index is -1.61. The van der Waals surface area contributed by atoms with Crippen LogP contribution in [0.2, 0.25) is 0 Å². The molecule has 160 valence electrons. The molecule has 0 aromatic rings. The van der Waals surface area contributed by atoms with Crippen molar-refractivity contribution in [1.29, 1.82) is 0 Å². The fourth-order valence-corrected chi connectivity index (χ4v) is 5.50. The Morgan fingerprint density at radius 3 is 2.53 bits per heavy atom. The van der Waals surface area contributed by atoms with Crippen molar-refractivity contribution in [2.75, 3.05) is 0 Å². The van der Waals surface area contributed by atoms with E-state index in [2.05, 4.69) is 4.74 Å². The molecule has 9 heteroatoms. The highest BCUT2D eigenvalue weighted by atomic mass is 16.7. The molecule has 5 aliphatic rings. The van der Waals surface area contributed by atoms with Crippen molar-refractivity contribution in [1.82, 2.24) is 0 Å². The molecule has 0 spiro atoms. The fraction of sp³-hybridized carbons (Fsp3) is 0.571. The van der Waals surface area contributed by atoms with Gasteiger partial charge in [0.05, 0.1) is 5.41 Å². The lowest BCUT2D eigenvalue weighted by Gasteiger charge is -2.38. The number of hydrogen-bond donors (Lipinski definition) is 2. The number of carbonyl (C=O) groups excluding carboxylic acids is 3. The van der Waals surface area contributed by atoms with Gasteiger partial charge < -0.3 is 29.2 Å². The maximum atomic E-state index is 12.7. The van der Waals surface area contributed by atoms with Crippen LogP contribution in [0.1, 0.15) is 40.0 Å². The van der Waals surface area contributed by atoms with Crippen LogP contribution in [0.5, 0.6) is 0 Å². The third-order valence-electron chi connectivity index (χ3n) is 7.30. The molecule has 4 aliphatic heterocycles. The minimum Gasteiger partial charge on any atom is -0.454 e. The lowest BCUT2D eigenvalue weighted by molar-refractivity contribution is -0.247. The van der Waals surface area contributed by atoms with Crippen LogP contribution in [0.25, 0.3) is 0 Å². The summed E-state index contributed by atoms with van der Waals surface area (Å²) in [6, 6.07) is 0. The topological polar surface area (TPSA) is 129 Å². The molecule has 1 aliphatic carbocycles.